The number of aromatic nitrogens is 3. The second kappa shape index (κ2) is 4.47. The molecule has 0 atom stereocenters. The first-order valence-electron chi connectivity index (χ1n) is 5.86. The summed E-state index contributed by atoms with van der Waals surface area (Å²) in [6.07, 6.45) is 2.75. The zero-order valence-corrected chi connectivity index (χ0v) is 11.0. The summed E-state index contributed by atoms with van der Waals surface area (Å²) in [6.45, 7) is 2.11. The lowest BCUT2D eigenvalue weighted by atomic mass is 10.1. The van der Waals surface area contributed by atoms with Crippen LogP contribution in [-0.2, 0) is 6.42 Å². The van der Waals surface area contributed by atoms with Crippen molar-refractivity contribution in [2.75, 3.05) is 0 Å². The summed E-state index contributed by atoms with van der Waals surface area (Å²) in [6, 6.07) is 8.17. The number of carboxylic acids is 1. The number of rotatable bonds is 3. The van der Waals surface area contributed by atoms with Gasteiger partial charge in [-0.1, -0.05) is 42.5 Å². The van der Waals surface area contributed by atoms with Gasteiger partial charge in [-0.25, -0.2) is 14.3 Å². The van der Waals surface area contributed by atoms with E-state index in [-0.39, 0.29) is 5.01 Å². The standard InChI is InChI=1S/C13H11N3O2S/c1-2-8-3-5-9(6-4-8)10-7-16-13(14-10)19-11(15-16)12(17)18/h3-7H,2H2,1H3,(H,17,18). The Kier molecular flexibility index (Phi) is 2.79. The molecule has 1 aromatic carbocycles. The third kappa shape index (κ3) is 2.10. The summed E-state index contributed by atoms with van der Waals surface area (Å²) in [5, 5.41) is 12.9. The number of hydrogen-bond donors (Lipinski definition) is 1. The highest BCUT2D eigenvalue weighted by atomic mass is 32.1. The fraction of sp³-hybridized carbons (Fsp3) is 0.154. The number of hydrogen-bond acceptors (Lipinski definition) is 4. The van der Waals surface area contributed by atoms with Crippen LogP contribution >= 0.6 is 11.3 Å². The van der Waals surface area contributed by atoms with Crippen LogP contribution in [0.2, 0.25) is 0 Å². The molecule has 3 rings (SSSR count). The number of imidazole rings is 1. The average molecular weight is 273 g/mol. The van der Waals surface area contributed by atoms with E-state index >= 15 is 0 Å². The quantitative estimate of drug-likeness (QED) is 0.796. The predicted octanol–water partition coefficient (Wildman–Crippen LogP) is 2.72. The van der Waals surface area contributed by atoms with Crippen molar-refractivity contribution in [3.8, 4) is 11.3 Å². The number of carboxylic acid groups (broad SMARTS) is 1. The first kappa shape index (κ1) is 11.9. The van der Waals surface area contributed by atoms with Gasteiger partial charge in [-0.15, -0.1) is 5.10 Å². The van der Waals surface area contributed by atoms with Crippen molar-refractivity contribution < 1.29 is 9.90 Å². The highest BCUT2D eigenvalue weighted by Gasteiger charge is 2.13. The van der Waals surface area contributed by atoms with Crippen molar-refractivity contribution >= 4 is 22.3 Å². The Morgan fingerprint density at radius 3 is 2.68 bits per heavy atom. The first-order valence-corrected chi connectivity index (χ1v) is 6.68. The molecular formula is C13H11N3O2S. The molecule has 0 radical (unpaired) electrons. The van der Waals surface area contributed by atoms with Crippen LogP contribution in [0.5, 0.6) is 0 Å². The van der Waals surface area contributed by atoms with Crippen LogP contribution in [0, 0.1) is 0 Å². The number of nitrogens with zero attached hydrogens (tertiary/aromatic N) is 3. The number of carbonyl (C=O) groups is 1. The van der Waals surface area contributed by atoms with Crippen LogP contribution in [0.25, 0.3) is 16.2 Å². The summed E-state index contributed by atoms with van der Waals surface area (Å²) >= 11 is 1.07. The Balaban J connectivity index is 2.00. The van der Waals surface area contributed by atoms with E-state index < -0.39 is 5.97 Å². The minimum absolute atomic E-state index is 0.0513. The fourth-order valence-electron chi connectivity index (χ4n) is 1.84. The topological polar surface area (TPSA) is 67.5 Å². The van der Waals surface area contributed by atoms with Gasteiger partial charge in [0.15, 0.2) is 0 Å². The van der Waals surface area contributed by atoms with Crippen molar-refractivity contribution in [3.05, 3.63) is 41.0 Å². The molecule has 0 aliphatic heterocycles. The lowest BCUT2D eigenvalue weighted by Crippen LogP contribution is -1.95. The van der Waals surface area contributed by atoms with Crippen molar-refractivity contribution in [2.24, 2.45) is 0 Å². The Bertz CT molecular complexity index is 711. The minimum atomic E-state index is -1.02. The predicted molar refractivity (Wildman–Crippen MR) is 72.6 cm³/mol. The van der Waals surface area contributed by atoms with Crippen molar-refractivity contribution in [2.45, 2.75) is 13.3 Å². The van der Waals surface area contributed by atoms with Gasteiger partial charge in [0.05, 0.1) is 11.9 Å². The SMILES string of the molecule is CCc1ccc(-c2cn3nc(C(=O)O)sc3n2)cc1. The lowest BCUT2D eigenvalue weighted by Gasteiger charge is -1.98. The van der Waals surface area contributed by atoms with E-state index in [0.29, 0.717) is 4.96 Å². The fourth-order valence-corrected chi connectivity index (χ4v) is 2.56. The molecule has 6 heteroatoms. The van der Waals surface area contributed by atoms with E-state index in [4.69, 9.17) is 5.11 Å². The number of aryl methyl sites for hydroxylation is 1. The zero-order chi connectivity index (χ0) is 13.4. The molecule has 3 aromatic rings. The molecule has 0 saturated carbocycles. The van der Waals surface area contributed by atoms with Crippen LogP contribution in [0.4, 0.5) is 0 Å². The van der Waals surface area contributed by atoms with Gasteiger partial charge in [0.2, 0.25) is 9.97 Å². The highest BCUT2D eigenvalue weighted by molar-refractivity contribution is 7.18. The molecule has 1 N–H and O–H groups in total. The molecule has 0 bridgehead atoms. The molecule has 0 aliphatic carbocycles. The maximum absolute atomic E-state index is 10.8. The monoisotopic (exact) mass is 273 g/mol. The summed E-state index contributed by atoms with van der Waals surface area (Å²) in [5.41, 5.74) is 3.08. The van der Waals surface area contributed by atoms with Gasteiger partial charge in [-0.2, -0.15) is 0 Å². The Hall–Kier alpha value is -2.21. The van der Waals surface area contributed by atoms with Crippen molar-refractivity contribution in [1.29, 1.82) is 0 Å². The number of aromatic carboxylic acids is 1. The third-order valence-electron chi connectivity index (χ3n) is 2.88. The Morgan fingerprint density at radius 2 is 2.11 bits per heavy atom. The average Bonchev–Trinajstić information content (AvgIpc) is 2.97. The molecule has 0 amide bonds. The molecular weight excluding hydrogens is 262 g/mol. The second-order valence-electron chi connectivity index (χ2n) is 4.12. The van der Waals surface area contributed by atoms with Crippen LogP contribution < -0.4 is 0 Å². The first-order chi connectivity index (χ1) is 9.17. The maximum Gasteiger partial charge on any atom is 0.367 e. The van der Waals surface area contributed by atoms with Crippen LogP contribution in [0.1, 0.15) is 22.3 Å². The van der Waals surface area contributed by atoms with Crippen LogP contribution in [0.3, 0.4) is 0 Å². The molecule has 19 heavy (non-hydrogen) atoms. The molecule has 2 aromatic heterocycles. The molecule has 0 aliphatic rings. The van der Waals surface area contributed by atoms with Gasteiger partial charge in [-0.3, -0.25) is 0 Å². The second-order valence-corrected chi connectivity index (χ2v) is 5.07. The highest BCUT2D eigenvalue weighted by Crippen LogP contribution is 2.22. The van der Waals surface area contributed by atoms with Gasteiger partial charge < -0.3 is 5.11 Å². The molecule has 96 valence electrons. The van der Waals surface area contributed by atoms with Gasteiger partial charge in [-0.05, 0) is 12.0 Å². The van der Waals surface area contributed by atoms with Crippen LogP contribution in [-0.4, -0.2) is 25.7 Å². The summed E-state index contributed by atoms with van der Waals surface area (Å²) in [7, 11) is 0. The maximum atomic E-state index is 10.8. The normalized spacial score (nSPS) is 11.0. The van der Waals surface area contributed by atoms with Crippen molar-refractivity contribution in [1.82, 2.24) is 14.6 Å². The molecule has 5 nitrogen and oxygen atoms in total. The smallest absolute Gasteiger partial charge is 0.367 e. The van der Waals surface area contributed by atoms with Gasteiger partial charge in [0.25, 0.3) is 0 Å². The molecule has 0 saturated heterocycles. The van der Waals surface area contributed by atoms with E-state index in [1.807, 2.05) is 12.1 Å². The minimum Gasteiger partial charge on any atom is -0.476 e. The van der Waals surface area contributed by atoms with Gasteiger partial charge in [0, 0.05) is 5.56 Å². The van der Waals surface area contributed by atoms with Gasteiger partial charge in [0.1, 0.15) is 0 Å². The molecule has 2 heterocycles. The Morgan fingerprint density at radius 1 is 1.37 bits per heavy atom. The summed E-state index contributed by atoms with van der Waals surface area (Å²) < 4.78 is 1.51. The van der Waals surface area contributed by atoms with E-state index in [1.165, 1.54) is 10.1 Å². The van der Waals surface area contributed by atoms with Gasteiger partial charge >= 0.3 is 5.97 Å². The molecule has 0 unspecified atom stereocenters. The van der Waals surface area contributed by atoms with Crippen molar-refractivity contribution in [3.63, 3.8) is 0 Å². The third-order valence-corrected chi connectivity index (χ3v) is 3.79. The van der Waals surface area contributed by atoms with E-state index in [9.17, 15) is 4.79 Å². The van der Waals surface area contributed by atoms with E-state index in [0.717, 1.165) is 29.0 Å². The number of benzene rings is 1. The summed E-state index contributed by atoms with van der Waals surface area (Å²) in [4.78, 5) is 15.8. The van der Waals surface area contributed by atoms with E-state index in [1.54, 1.807) is 6.20 Å². The molecule has 0 spiro atoms. The Labute approximate surface area is 113 Å². The zero-order valence-electron chi connectivity index (χ0n) is 10.2. The lowest BCUT2D eigenvalue weighted by molar-refractivity contribution is 0.0695. The van der Waals surface area contributed by atoms with E-state index in [2.05, 4.69) is 29.1 Å². The summed E-state index contributed by atoms with van der Waals surface area (Å²) in [5.74, 6) is -1.02. The van der Waals surface area contributed by atoms with Crippen LogP contribution in [0.15, 0.2) is 30.5 Å². The largest absolute Gasteiger partial charge is 0.476 e. The molecule has 0 fully saturated rings. The number of fused-ring (bicyclic) bond motifs is 1.